The first-order valence-corrected chi connectivity index (χ1v) is 7.35. The van der Waals surface area contributed by atoms with Gasteiger partial charge in [0.1, 0.15) is 0 Å². The highest BCUT2D eigenvalue weighted by Gasteiger charge is 2.13. The second kappa shape index (κ2) is 5.90. The van der Waals surface area contributed by atoms with Crippen LogP contribution >= 0.6 is 34.5 Å². The van der Waals surface area contributed by atoms with Crippen molar-refractivity contribution in [3.05, 3.63) is 56.7 Å². The number of rotatable bonds is 4. The van der Waals surface area contributed by atoms with Crippen LogP contribution in [0.5, 0.6) is 0 Å². The van der Waals surface area contributed by atoms with Crippen molar-refractivity contribution in [2.75, 3.05) is 0 Å². The number of halogens is 2. The minimum atomic E-state index is 0.0612. The van der Waals surface area contributed by atoms with Crippen molar-refractivity contribution in [3.63, 3.8) is 0 Å². The van der Waals surface area contributed by atoms with Crippen molar-refractivity contribution in [2.45, 2.75) is 25.1 Å². The van der Waals surface area contributed by atoms with Crippen LogP contribution in [0, 0.1) is 0 Å². The molecular weight excluding hydrogens is 271 g/mol. The number of benzene rings is 1. The number of hydrogen-bond donors (Lipinski definition) is 0. The second-order valence-corrected chi connectivity index (χ2v) is 5.87. The van der Waals surface area contributed by atoms with E-state index in [4.69, 9.17) is 23.2 Å². The van der Waals surface area contributed by atoms with E-state index >= 15 is 0 Å². The minimum Gasteiger partial charge on any atom is -0.147 e. The first kappa shape index (κ1) is 12.9. The summed E-state index contributed by atoms with van der Waals surface area (Å²) in [5.41, 5.74) is 2.59. The lowest BCUT2D eigenvalue weighted by Crippen LogP contribution is -1.96. The first-order valence-electron chi connectivity index (χ1n) is 5.65. The molecule has 1 aromatic carbocycles. The van der Waals surface area contributed by atoms with Crippen LogP contribution in [0.4, 0.5) is 0 Å². The van der Waals surface area contributed by atoms with Crippen LogP contribution in [0.2, 0.25) is 5.02 Å². The Morgan fingerprint density at radius 2 is 1.88 bits per heavy atom. The SMILES string of the molecule is CCc1ccsc1C(Cl)Cc1ccc(Cl)cc1. The van der Waals surface area contributed by atoms with Gasteiger partial charge in [-0.25, -0.2) is 0 Å². The number of hydrogen-bond acceptors (Lipinski definition) is 1. The normalized spacial score (nSPS) is 12.6. The number of thiophene rings is 1. The Kier molecular flexibility index (Phi) is 4.49. The molecule has 0 fully saturated rings. The molecule has 0 aliphatic rings. The predicted octanol–water partition coefficient (Wildman–Crippen LogP) is 5.49. The summed E-state index contributed by atoms with van der Waals surface area (Å²) >= 11 is 14.1. The van der Waals surface area contributed by atoms with E-state index in [1.165, 1.54) is 16.0 Å². The van der Waals surface area contributed by atoms with E-state index in [2.05, 4.69) is 18.4 Å². The van der Waals surface area contributed by atoms with Crippen molar-refractivity contribution in [1.29, 1.82) is 0 Å². The van der Waals surface area contributed by atoms with Crippen LogP contribution in [0.3, 0.4) is 0 Å². The lowest BCUT2D eigenvalue weighted by Gasteiger charge is -2.10. The van der Waals surface area contributed by atoms with E-state index in [0.717, 1.165) is 17.9 Å². The molecule has 0 radical (unpaired) electrons. The number of aryl methyl sites for hydroxylation is 1. The fraction of sp³-hybridized carbons (Fsp3) is 0.286. The Morgan fingerprint density at radius 1 is 1.18 bits per heavy atom. The highest BCUT2D eigenvalue weighted by Crippen LogP contribution is 2.32. The molecule has 90 valence electrons. The summed E-state index contributed by atoms with van der Waals surface area (Å²) < 4.78 is 0. The van der Waals surface area contributed by atoms with Gasteiger partial charge in [-0.1, -0.05) is 30.7 Å². The van der Waals surface area contributed by atoms with Gasteiger partial charge in [0, 0.05) is 9.90 Å². The third kappa shape index (κ3) is 3.25. The molecule has 0 bridgehead atoms. The molecule has 0 aliphatic heterocycles. The van der Waals surface area contributed by atoms with Gasteiger partial charge in [-0.2, -0.15) is 0 Å². The van der Waals surface area contributed by atoms with Crippen molar-refractivity contribution in [2.24, 2.45) is 0 Å². The summed E-state index contributed by atoms with van der Waals surface area (Å²) in [6.45, 7) is 2.16. The quantitative estimate of drug-likeness (QED) is 0.652. The van der Waals surface area contributed by atoms with Gasteiger partial charge in [0.2, 0.25) is 0 Å². The van der Waals surface area contributed by atoms with Crippen LogP contribution in [-0.4, -0.2) is 0 Å². The summed E-state index contributed by atoms with van der Waals surface area (Å²) in [4.78, 5) is 1.30. The predicted molar refractivity (Wildman–Crippen MR) is 77.4 cm³/mol. The van der Waals surface area contributed by atoms with E-state index in [0.29, 0.717) is 0 Å². The van der Waals surface area contributed by atoms with Gasteiger partial charge in [0.05, 0.1) is 5.38 Å². The Hall–Kier alpha value is -0.500. The van der Waals surface area contributed by atoms with Crippen LogP contribution in [0.1, 0.15) is 28.3 Å². The van der Waals surface area contributed by atoms with E-state index in [9.17, 15) is 0 Å². The van der Waals surface area contributed by atoms with Crippen LogP contribution in [0.15, 0.2) is 35.7 Å². The Bertz CT molecular complexity index is 473. The lowest BCUT2D eigenvalue weighted by molar-refractivity contribution is 0.919. The molecule has 0 aliphatic carbocycles. The van der Waals surface area contributed by atoms with Gasteiger partial charge >= 0.3 is 0 Å². The van der Waals surface area contributed by atoms with E-state index in [-0.39, 0.29) is 5.38 Å². The van der Waals surface area contributed by atoms with Gasteiger partial charge in [-0.15, -0.1) is 22.9 Å². The fourth-order valence-corrected chi connectivity index (χ4v) is 3.41. The Labute approximate surface area is 116 Å². The molecule has 1 heterocycles. The molecule has 3 heteroatoms. The Balaban J connectivity index is 2.11. The van der Waals surface area contributed by atoms with Crippen molar-refractivity contribution >= 4 is 34.5 Å². The summed E-state index contributed by atoms with van der Waals surface area (Å²) in [6, 6.07) is 10.1. The van der Waals surface area contributed by atoms with Crippen molar-refractivity contribution in [3.8, 4) is 0 Å². The standard InChI is InChI=1S/C14H14Cl2S/c1-2-11-7-8-17-14(11)13(16)9-10-3-5-12(15)6-4-10/h3-8,13H,2,9H2,1H3. The van der Waals surface area contributed by atoms with E-state index in [1.54, 1.807) is 11.3 Å². The van der Waals surface area contributed by atoms with Crippen molar-refractivity contribution < 1.29 is 0 Å². The zero-order chi connectivity index (χ0) is 12.3. The lowest BCUT2D eigenvalue weighted by atomic mass is 10.1. The average Bonchev–Trinajstić information content (AvgIpc) is 2.80. The van der Waals surface area contributed by atoms with Gasteiger partial charge in [0.25, 0.3) is 0 Å². The smallest absolute Gasteiger partial charge is 0.0721 e. The maximum atomic E-state index is 6.48. The molecule has 17 heavy (non-hydrogen) atoms. The largest absolute Gasteiger partial charge is 0.147 e. The topological polar surface area (TPSA) is 0 Å². The summed E-state index contributed by atoms with van der Waals surface area (Å²) in [5.74, 6) is 0. The molecule has 1 atom stereocenters. The number of alkyl halides is 1. The monoisotopic (exact) mass is 284 g/mol. The molecule has 0 amide bonds. The van der Waals surface area contributed by atoms with E-state index in [1.807, 2.05) is 24.3 Å². The fourth-order valence-electron chi connectivity index (χ4n) is 1.83. The van der Waals surface area contributed by atoms with Gasteiger partial charge in [-0.3, -0.25) is 0 Å². The molecule has 0 nitrogen and oxygen atoms in total. The Morgan fingerprint density at radius 3 is 2.53 bits per heavy atom. The van der Waals surface area contributed by atoms with Gasteiger partial charge in [-0.05, 0) is 47.5 Å². The summed E-state index contributed by atoms with van der Waals surface area (Å²) in [6.07, 6.45) is 1.90. The third-order valence-corrected chi connectivity index (χ3v) is 4.60. The van der Waals surface area contributed by atoms with Gasteiger partial charge < -0.3 is 0 Å². The zero-order valence-corrected chi connectivity index (χ0v) is 11.9. The average molecular weight is 285 g/mol. The van der Waals surface area contributed by atoms with Gasteiger partial charge in [0.15, 0.2) is 0 Å². The molecule has 1 unspecified atom stereocenters. The van der Waals surface area contributed by atoms with Crippen LogP contribution in [-0.2, 0) is 12.8 Å². The molecular formula is C14H14Cl2S. The molecule has 0 saturated carbocycles. The second-order valence-electron chi connectivity index (χ2n) is 3.96. The molecule has 2 rings (SSSR count). The maximum Gasteiger partial charge on any atom is 0.0721 e. The molecule has 1 aromatic heterocycles. The van der Waals surface area contributed by atoms with Crippen molar-refractivity contribution in [1.82, 2.24) is 0 Å². The van der Waals surface area contributed by atoms with Crippen LogP contribution < -0.4 is 0 Å². The highest BCUT2D eigenvalue weighted by atomic mass is 35.5. The molecule has 0 saturated heterocycles. The molecule has 0 spiro atoms. The molecule has 0 N–H and O–H groups in total. The third-order valence-electron chi connectivity index (χ3n) is 2.77. The maximum absolute atomic E-state index is 6.48. The minimum absolute atomic E-state index is 0.0612. The zero-order valence-electron chi connectivity index (χ0n) is 9.62. The summed E-state index contributed by atoms with van der Waals surface area (Å²) in [5, 5.41) is 2.95. The highest BCUT2D eigenvalue weighted by molar-refractivity contribution is 7.10. The molecule has 2 aromatic rings. The first-order chi connectivity index (χ1) is 8.20. The summed E-state index contributed by atoms with van der Waals surface area (Å²) in [7, 11) is 0. The van der Waals surface area contributed by atoms with Crippen LogP contribution in [0.25, 0.3) is 0 Å². The van der Waals surface area contributed by atoms with E-state index < -0.39 is 0 Å².